The number of nitro groups is 1. The van der Waals surface area contributed by atoms with Gasteiger partial charge in [0.2, 0.25) is 0 Å². The molecule has 1 aliphatic rings. The van der Waals surface area contributed by atoms with E-state index in [1.54, 1.807) is 42.5 Å². The number of non-ortho nitro benzene ring substituents is 1. The standard InChI is InChI=1S/C24H19N3O6/c1-33-18-9-4-6-15(12-18)14-26-21(19-10-2-3-11-25-19)20(23(29)24(26)30)22(28)16-7-5-8-17(13-16)27(31)32/h2-13,21,28H,14H2,1H3/b22-20-. The van der Waals surface area contributed by atoms with Crippen molar-refractivity contribution in [1.82, 2.24) is 9.88 Å². The second kappa shape index (κ2) is 8.91. The molecule has 33 heavy (non-hydrogen) atoms. The van der Waals surface area contributed by atoms with Gasteiger partial charge in [0.15, 0.2) is 0 Å². The zero-order valence-electron chi connectivity index (χ0n) is 17.5. The molecular formula is C24H19N3O6. The lowest BCUT2D eigenvalue weighted by Gasteiger charge is -2.24. The predicted octanol–water partition coefficient (Wildman–Crippen LogP) is 3.62. The first kappa shape index (κ1) is 21.7. The minimum Gasteiger partial charge on any atom is -0.507 e. The molecule has 2 aromatic carbocycles. The molecule has 9 nitrogen and oxygen atoms in total. The molecule has 166 valence electrons. The number of pyridine rings is 1. The minimum absolute atomic E-state index is 0.0597. The van der Waals surface area contributed by atoms with Crippen LogP contribution in [0.2, 0.25) is 0 Å². The SMILES string of the molecule is COc1cccc(CN2C(=O)C(=O)/C(=C(\O)c3cccc([N+](=O)[O-])c3)C2c2ccccn2)c1. The Hall–Kier alpha value is -4.53. The van der Waals surface area contributed by atoms with Gasteiger partial charge in [0, 0.05) is 30.4 Å². The Morgan fingerprint density at radius 3 is 2.61 bits per heavy atom. The lowest BCUT2D eigenvalue weighted by Crippen LogP contribution is -2.29. The third-order valence-corrected chi connectivity index (χ3v) is 5.33. The lowest BCUT2D eigenvalue weighted by atomic mass is 9.98. The molecule has 0 bridgehead atoms. The van der Waals surface area contributed by atoms with Gasteiger partial charge in [-0.3, -0.25) is 24.7 Å². The number of Topliss-reactive ketones (excluding diaryl/α,β-unsaturated/α-hetero) is 1. The van der Waals surface area contributed by atoms with E-state index >= 15 is 0 Å². The number of hydrogen-bond acceptors (Lipinski definition) is 7. The molecule has 1 unspecified atom stereocenters. The van der Waals surface area contributed by atoms with E-state index in [0.29, 0.717) is 17.0 Å². The summed E-state index contributed by atoms with van der Waals surface area (Å²) in [6.07, 6.45) is 1.52. The summed E-state index contributed by atoms with van der Waals surface area (Å²) in [5.41, 5.74) is 0.727. The highest BCUT2D eigenvalue weighted by atomic mass is 16.6. The summed E-state index contributed by atoms with van der Waals surface area (Å²) in [6, 6.07) is 16.4. The van der Waals surface area contributed by atoms with Crippen LogP contribution < -0.4 is 4.74 Å². The zero-order chi connectivity index (χ0) is 23.5. The summed E-state index contributed by atoms with van der Waals surface area (Å²) in [7, 11) is 1.53. The Kier molecular flexibility index (Phi) is 5.86. The molecular weight excluding hydrogens is 426 g/mol. The molecule has 0 spiro atoms. The van der Waals surface area contributed by atoms with E-state index in [0.717, 1.165) is 6.07 Å². The number of carbonyl (C=O) groups excluding carboxylic acids is 2. The summed E-state index contributed by atoms with van der Waals surface area (Å²) in [5.74, 6) is -1.60. The van der Waals surface area contributed by atoms with Crippen molar-refractivity contribution in [2.75, 3.05) is 7.11 Å². The van der Waals surface area contributed by atoms with Crippen molar-refractivity contribution in [3.05, 3.63) is 105 Å². The number of benzene rings is 2. The number of rotatable bonds is 6. The number of amides is 1. The Morgan fingerprint density at radius 1 is 1.12 bits per heavy atom. The van der Waals surface area contributed by atoms with E-state index in [1.165, 1.54) is 36.4 Å². The van der Waals surface area contributed by atoms with E-state index in [4.69, 9.17) is 4.74 Å². The summed E-state index contributed by atoms with van der Waals surface area (Å²) >= 11 is 0. The first-order valence-electron chi connectivity index (χ1n) is 9.98. The van der Waals surface area contributed by atoms with E-state index in [1.807, 2.05) is 0 Å². The monoisotopic (exact) mass is 445 g/mol. The molecule has 1 aromatic heterocycles. The van der Waals surface area contributed by atoms with Crippen LogP contribution in [-0.2, 0) is 16.1 Å². The van der Waals surface area contributed by atoms with Crippen molar-refractivity contribution in [2.24, 2.45) is 0 Å². The van der Waals surface area contributed by atoms with Crippen LogP contribution in [0.1, 0.15) is 22.9 Å². The highest BCUT2D eigenvalue weighted by Gasteiger charge is 2.46. The highest BCUT2D eigenvalue weighted by molar-refractivity contribution is 6.46. The smallest absolute Gasteiger partial charge is 0.296 e. The average Bonchev–Trinajstić information content (AvgIpc) is 3.09. The number of aliphatic hydroxyl groups excluding tert-OH is 1. The fourth-order valence-electron chi connectivity index (χ4n) is 3.78. The second-order valence-electron chi connectivity index (χ2n) is 7.34. The van der Waals surface area contributed by atoms with Crippen LogP contribution in [-0.4, -0.2) is 38.7 Å². The number of carbonyl (C=O) groups is 2. The zero-order valence-corrected chi connectivity index (χ0v) is 17.5. The van der Waals surface area contributed by atoms with E-state index in [2.05, 4.69) is 4.98 Å². The molecule has 3 aromatic rings. The van der Waals surface area contributed by atoms with Crippen LogP contribution in [0.3, 0.4) is 0 Å². The normalized spacial score (nSPS) is 17.2. The van der Waals surface area contributed by atoms with E-state index < -0.39 is 28.4 Å². The maximum atomic E-state index is 13.1. The van der Waals surface area contributed by atoms with Gasteiger partial charge in [-0.2, -0.15) is 0 Å². The van der Waals surface area contributed by atoms with E-state index in [-0.39, 0.29) is 23.4 Å². The molecule has 1 aliphatic heterocycles. The Labute approximate surface area is 188 Å². The summed E-state index contributed by atoms with van der Waals surface area (Å²) in [6.45, 7) is 0.0642. The van der Waals surface area contributed by atoms with Crippen molar-refractivity contribution >= 4 is 23.1 Å². The van der Waals surface area contributed by atoms with Gasteiger partial charge in [0.1, 0.15) is 17.6 Å². The predicted molar refractivity (Wildman–Crippen MR) is 118 cm³/mol. The van der Waals surface area contributed by atoms with Crippen LogP contribution in [0, 0.1) is 10.1 Å². The number of hydrogen-bond donors (Lipinski definition) is 1. The topological polar surface area (TPSA) is 123 Å². The average molecular weight is 445 g/mol. The fourth-order valence-corrected chi connectivity index (χ4v) is 3.78. The molecule has 9 heteroatoms. The van der Waals surface area contributed by atoms with Crippen molar-refractivity contribution in [3.63, 3.8) is 0 Å². The van der Waals surface area contributed by atoms with Gasteiger partial charge < -0.3 is 14.7 Å². The Balaban J connectivity index is 1.85. The molecule has 1 fully saturated rings. The van der Waals surface area contributed by atoms with Gasteiger partial charge in [-0.05, 0) is 29.8 Å². The minimum atomic E-state index is -0.975. The maximum absolute atomic E-state index is 13.1. The highest BCUT2D eigenvalue weighted by Crippen LogP contribution is 2.40. The first-order valence-corrected chi connectivity index (χ1v) is 9.98. The van der Waals surface area contributed by atoms with Crippen molar-refractivity contribution in [3.8, 4) is 5.75 Å². The number of methoxy groups -OCH3 is 1. The van der Waals surface area contributed by atoms with Gasteiger partial charge in [-0.1, -0.05) is 30.3 Å². The lowest BCUT2D eigenvalue weighted by molar-refractivity contribution is -0.384. The molecule has 2 heterocycles. The van der Waals surface area contributed by atoms with Crippen molar-refractivity contribution in [2.45, 2.75) is 12.6 Å². The van der Waals surface area contributed by atoms with E-state index in [9.17, 15) is 24.8 Å². The largest absolute Gasteiger partial charge is 0.507 e. The number of aromatic nitrogens is 1. The maximum Gasteiger partial charge on any atom is 0.296 e. The quantitative estimate of drug-likeness (QED) is 0.202. The Morgan fingerprint density at radius 2 is 1.91 bits per heavy atom. The Bertz CT molecular complexity index is 1270. The van der Waals surface area contributed by atoms with Crippen LogP contribution in [0.25, 0.3) is 5.76 Å². The third kappa shape index (κ3) is 4.16. The number of aliphatic hydroxyl groups is 1. The van der Waals surface area contributed by atoms with Gasteiger partial charge in [-0.25, -0.2) is 0 Å². The molecule has 0 saturated carbocycles. The number of likely N-dealkylation sites (tertiary alicyclic amines) is 1. The molecule has 0 radical (unpaired) electrons. The molecule has 1 atom stereocenters. The van der Waals surface area contributed by atoms with Crippen molar-refractivity contribution < 1.29 is 24.4 Å². The van der Waals surface area contributed by atoms with Gasteiger partial charge in [0.05, 0.1) is 23.3 Å². The molecule has 4 rings (SSSR count). The van der Waals surface area contributed by atoms with Crippen molar-refractivity contribution in [1.29, 1.82) is 0 Å². The second-order valence-corrected chi connectivity index (χ2v) is 7.34. The van der Waals surface area contributed by atoms with Gasteiger partial charge >= 0.3 is 0 Å². The fraction of sp³-hybridized carbons (Fsp3) is 0.125. The number of nitrogens with zero attached hydrogens (tertiary/aromatic N) is 3. The van der Waals surface area contributed by atoms with Gasteiger partial charge in [-0.15, -0.1) is 0 Å². The molecule has 0 aliphatic carbocycles. The summed E-state index contributed by atoms with van der Waals surface area (Å²) < 4.78 is 5.24. The van der Waals surface area contributed by atoms with Crippen LogP contribution in [0.5, 0.6) is 5.75 Å². The third-order valence-electron chi connectivity index (χ3n) is 5.33. The molecule has 1 amide bonds. The number of ether oxygens (including phenoxy) is 1. The van der Waals surface area contributed by atoms with Gasteiger partial charge in [0.25, 0.3) is 17.4 Å². The molecule has 1 saturated heterocycles. The summed E-state index contributed by atoms with van der Waals surface area (Å²) in [4.78, 5) is 42.3. The first-order chi connectivity index (χ1) is 15.9. The van der Waals surface area contributed by atoms with Crippen LogP contribution in [0.15, 0.2) is 78.5 Å². The van der Waals surface area contributed by atoms with Crippen LogP contribution in [0.4, 0.5) is 5.69 Å². The molecule has 1 N–H and O–H groups in total. The number of ketones is 1. The van der Waals surface area contributed by atoms with Crippen LogP contribution >= 0.6 is 0 Å². The number of nitro benzene ring substituents is 1. The summed E-state index contributed by atoms with van der Waals surface area (Å²) in [5, 5.41) is 22.2.